The molecule has 0 saturated heterocycles. The third-order valence-electron chi connectivity index (χ3n) is 5.20. The van der Waals surface area contributed by atoms with E-state index in [1.165, 1.54) is 19.3 Å². The number of amides is 1. The summed E-state index contributed by atoms with van der Waals surface area (Å²) in [6.07, 6.45) is 9.38. The first-order chi connectivity index (χ1) is 9.57. The van der Waals surface area contributed by atoms with Crippen LogP contribution in [0.4, 0.5) is 0 Å². The molecule has 0 bridgehead atoms. The highest BCUT2D eigenvalue weighted by atomic mass is 16.4. The van der Waals surface area contributed by atoms with E-state index in [1.807, 2.05) is 0 Å². The van der Waals surface area contributed by atoms with E-state index in [0.717, 1.165) is 25.7 Å². The van der Waals surface area contributed by atoms with Crippen LogP contribution < -0.4 is 5.32 Å². The second-order valence-corrected chi connectivity index (χ2v) is 6.62. The molecule has 1 atom stereocenters. The highest BCUT2D eigenvalue weighted by molar-refractivity contribution is 5.85. The second kappa shape index (κ2) is 6.59. The quantitative estimate of drug-likeness (QED) is 0.718. The first kappa shape index (κ1) is 15.3. The Morgan fingerprint density at radius 2 is 2.00 bits per heavy atom. The fourth-order valence-electron chi connectivity index (χ4n) is 3.33. The van der Waals surface area contributed by atoms with Crippen molar-refractivity contribution in [2.45, 2.75) is 77.2 Å². The molecule has 0 spiro atoms. The van der Waals surface area contributed by atoms with Crippen LogP contribution >= 0.6 is 0 Å². The normalized spacial score (nSPS) is 22.4. The number of hydrogen-bond donors (Lipinski definition) is 2. The fourth-order valence-corrected chi connectivity index (χ4v) is 3.33. The Balaban J connectivity index is 1.85. The minimum absolute atomic E-state index is 0.0555. The highest BCUT2D eigenvalue weighted by Gasteiger charge is 2.46. The minimum atomic E-state index is -0.798. The average Bonchev–Trinajstić information content (AvgIpc) is 2.28. The van der Waals surface area contributed by atoms with Crippen LogP contribution in [0.1, 0.15) is 71.1 Å². The van der Waals surface area contributed by atoms with Crippen LogP contribution in [-0.4, -0.2) is 23.0 Å². The summed E-state index contributed by atoms with van der Waals surface area (Å²) in [7, 11) is 0. The van der Waals surface area contributed by atoms with Gasteiger partial charge in [0.2, 0.25) is 5.91 Å². The zero-order valence-corrected chi connectivity index (χ0v) is 12.5. The maximum atomic E-state index is 12.2. The van der Waals surface area contributed by atoms with Crippen LogP contribution in [0, 0.1) is 11.3 Å². The summed E-state index contributed by atoms with van der Waals surface area (Å²) >= 11 is 0. The van der Waals surface area contributed by atoms with Crippen LogP contribution in [0.5, 0.6) is 0 Å². The molecule has 20 heavy (non-hydrogen) atoms. The SMILES string of the molecule is CCCCC(NC(=O)CC1(C(=O)O)CCC1)C1CCC1. The molecular weight excluding hydrogens is 254 g/mol. The molecule has 2 saturated carbocycles. The zero-order chi connectivity index (χ0) is 14.6. The van der Waals surface area contributed by atoms with Gasteiger partial charge in [-0.15, -0.1) is 0 Å². The Hall–Kier alpha value is -1.06. The highest BCUT2D eigenvalue weighted by Crippen LogP contribution is 2.44. The van der Waals surface area contributed by atoms with Crippen molar-refractivity contribution in [1.29, 1.82) is 0 Å². The Morgan fingerprint density at radius 1 is 1.30 bits per heavy atom. The number of nitrogens with one attached hydrogen (secondary N) is 1. The molecule has 0 aromatic carbocycles. The number of carbonyl (C=O) groups excluding carboxylic acids is 1. The first-order valence-electron chi connectivity index (χ1n) is 8.10. The van der Waals surface area contributed by atoms with Crippen LogP contribution in [0.15, 0.2) is 0 Å². The summed E-state index contributed by atoms with van der Waals surface area (Å²) in [6.45, 7) is 2.16. The van der Waals surface area contributed by atoms with Gasteiger partial charge < -0.3 is 10.4 Å². The van der Waals surface area contributed by atoms with Gasteiger partial charge in [0.1, 0.15) is 0 Å². The Kier molecular flexibility index (Phi) is 5.06. The lowest BCUT2D eigenvalue weighted by Gasteiger charge is -2.39. The van der Waals surface area contributed by atoms with E-state index < -0.39 is 11.4 Å². The van der Waals surface area contributed by atoms with Crippen molar-refractivity contribution < 1.29 is 14.7 Å². The number of carboxylic acid groups (broad SMARTS) is 1. The molecule has 1 amide bonds. The molecule has 1 unspecified atom stereocenters. The number of hydrogen-bond acceptors (Lipinski definition) is 2. The summed E-state index contributed by atoms with van der Waals surface area (Å²) in [5.41, 5.74) is -0.765. The molecule has 0 aromatic heterocycles. The van der Waals surface area contributed by atoms with Crippen LogP contribution in [0.3, 0.4) is 0 Å². The lowest BCUT2D eigenvalue weighted by Crippen LogP contribution is -2.47. The Morgan fingerprint density at radius 3 is 2.40 bits per heavy atom. The van der Waals surface area contributed by atoms with Crippen molar-refractivity contribution in [2.75, 3.05) is 0 Å². The molecule has 2 fully saturated rings. The van der Waals surface area contributed by atoms with Gasteiger partial charge in [-0.05, 0) is 38.0 Å². The summed E-state index contributed by atoms with van der Waals surface area (Å²) in [4.78, 5) is 23.5. The van der Waals surface area contributed by atoms with Gasteiger partial charge >= 0.3 is 5.97 Å². The smallest absolute Gasteiger partial charge is 0.310 e. The monoisotopic (exact) mass is 281 g/mol. The number of unbranched alkanes of at least 4 members (excludes halogenated alkanes) is 1. The summed E-state index contributed by atoms with van der Waals surface area (Å²) < 4.78 is 0. The maximum Gasteiger partial charge on any atom is 0.310 e. The van der Waals surface area contributed by atoms with E-state index >= 15 is 0 Å². The molecule has 0 aromatic rings. The number of carboxylic acids is 1. The topological polar surface area (TPSA) is 66.4 Å². The summed E-state index contributed by atoms with van der Waals surface area (Å²) in [5.74, 6) is -0.236. The standard InChI is InChI=1S/C16H27NO3/c1-2-3-8-13(12-6-4-7-12)17-14(18)11-16(15(19)20)9-5-10-16/h12-13H,2-11H2,1H3,(H,17,18)(H,19,20). The Labute approximate surface area is 121 Å². The van der Waals surface area contributed by atoms with Gasteiger partial charge in [0.05, 0.1) is 5.41 Å². The Bertz CT molecular complexity index is 359. The molecule has 4 nitrogen and oxygen atoms in total. The molecule has 2 aliphatic rings. The molecule has 114 valence electrons. The van der Waals surface area contributed by atoms with Crippen molar-refractivity contribution in [3.63, 3.8) is 0 Å². The summed E-state index contributed by atoms with van der Waals surface area (Å²) in [5, 5.41) is 12.4. The van der Waals surface area contributed by atoms with Crippen molar-refractivity contribution in [2.24, 2.45) is 11.3 Å². The predicted molar refractivity (Wildman–Crippen MR) is 77.3 cm³/mol. The average molecular weight is 281 g/mol. The van der Waals surface area contributed by atoms with Crippen molar-refractivity contribution in [3.8, 4) is 0 Å². The third kappa shape index (κ3) is 3.33. The number of carbonyl (C=O) groups is 2. The van der Waals surface area contributed by atoms with Crippen molar-refractivity contribution >= 4 is 11.9 Å². The van der Waals surface area contributed by atoms with E-state index in [2.05, 4.69) is 12.2 Å². The largest absolute Gasteiger partial charge is 0.481 e. The third-order valence-corrected chi connectivity index (χ3v) is 5.20. The van der Waals surface area contributed by atoms with Crippen molar-refractivity contribution in [1.82, 2.24) is 5.32 Å². The molecule has 0 radical (unpaired) electrons. The molecule has 4 heteroatoms. The fraction of sp³-hybridized carbons (Fsp3) is 0.875. The van der Waals surface area contributed by atoms with Crippen LogP contribution in [-0.2, 0) is 9.59 Å². The molecule has 2 rings (SSSR count). The molecular formula is C16H27NO3. The predicted octanol–water partition coefficient (Wildman–Crippen LogP) is 3.11. The van der Waals surface area contributed by atoms with E-state index in [4.69, 9.17) is 0 Å². The number of aliphatic carboxylic acids is 1. The van der Waals surface area contributed by atoms with Gasteiger partial charge in [-0.2, -0.15) is 0 Å². The molecule has 2 N–H and O–H groups in total. The second-order valence-electron chi connectivity index (χ2n) is 6.62. The van der Waals surface area contributed by atoms with Crippen LogP contribution in [0.2, 0.25) is 0 Å². The van der Waals surface area contributed by atoms with Gasteiger partial charge in [-0.25, -0.2) is 0 Å². The van der Waals surface area contributed by atoms with Crippen LogP contribution in [0.25, 0.3) is 0 Å². The van der Waals surface area contributed by atoms with E-state index in [0.29, 0.717) is 18.8 Å². The maximum absolute atomic E-state index is 12.2. The molecule has 0 aliphatic heterocycles. The van der Waals surface area contributed by atoms with E-state index in [9.17, 15) is 14.7 Å². The minimum Gasteiger partial charge on any atom is -0.481 e. The zero-order valence-electron chi connectivity index (χ0n) is 12.5. The van der Waals surface area contributed by atoms with Gasteiger partial charge in [0, 0.05) is 12.5 Å². The first-order valence-corrected chi connectivity index (χ1v) is 8.10. The van der Waals surface area contributed by atoms with Gasteiger partial charge in [0.15, 0.2) is 0 Å². The number of rotatable bonds is 8. The van der Waals surface area contributed by atoms with Gasteiger partial charge in [-0.1, -0.05) is 32.6 Å². The molecule has 2 aliphatic carbocycles. The van der Waals surface area contributed by atoms with E-state index in [-0.39, 0.29) is 18.4 Å². The van der Waals surface area contributed by atoms with Gasteiger partial charge in [0.25, 0.3) is 0 Å². The van der Waals surface area contributed by atoms with E-state index in [1.54, 1.807) is 0 Å². The lowest BCUT2D eigenvalue weighted by atomic mass is 9.66. The summed E-state index contributed by atoms with van der Waals surface area (Å²) in [6, 6.07) is 0.266. The lowest BCUT2D eigenvalue weighted by molar-refractivity contribution is -0.157. The van der Waals surface area contributed by atoms with Crippen molar-refractivity contribution in [3.05, 3.63) is 0 Å². The van der Waals surface area contributed by atoms with Gasteiger partial charge in [-0.3, -0.25) is 9.59 Å². The molecule has 0 heterocycles.